The number of ether oxygens (including phenoxy) is 2. The van der Waals surface area contributed by atoms with E-state index in [1.54, 1.807) is 0 Å². The van der Waals surface area contributed by atoms with E-state index in [9.17, 15) is 0 Å². The van der Waals surface area contributed by atoms with E-state index in [-0.39, 0.29) is 11.9 Å². The Labute approximate surface area is 102 Å². The molecule has 0 saturated carbocycles. The molecule has 2 nitrogen and oxygen atoms in total. The minimum absolute atomic E-state index is 0.0243. The molecule has 0 spiro atoms. The molecule has 98 valence electrons. The Morgan fingerprint density at radius 2 is 1.75 bits per heavy atom. The molecule has 0 aromatic carbocycles. The smallest absolute Gasteiger partial charge is 0.155 e. The molecule has 2 unspecified atom stereocenters. The number of hydrogen-bond donors (Lipinski definition) is 0. The van der Waals surface area contributed by atoms with E-state index in [0.717, 1.165) is 18.8 Å². The summed E-state index contributed by atoms with van der Waals surface area (Å²) < 4.78 is 11.4. The van der Waals surface area contributed by atoms with Crippen molar-refractivity contribution in [3.05, 3.63) is 0 Å². The lowest BCUT2D eigenvalue weighted by atomic mass is 9.93. The van der Waals surface area contributed by atoms with Gasteiger partial charge in [0.1, 0.15) is 0 Å². The third-order valence-electron chi connectivity index (χ3n) is 3.09. The zero-order valence-corrected chi connectivity index (χ0v) is 12.0. The van der Waals surface area contributed by atoms with Gasteiger partial charge in [0.25, 0.3) is 0 Å². The van der Waals surface area contributed by atoms with Gasteiger partial charge in [0, 0.05) is 6.61 Å². The third kappa shape index (κ3) is 7.24. The zero-order chi connectivity index (χ0) is 12.6. The van der Waals surface area contributed by atoms with Crippen LogP contribution in [0.2, 0.25) is 0 Å². The lowest BCUT2D eigenvalue weighted by Crippen LogP contribution is -2.33. The maximum atomic E-state index is 5.99. The number of rotatable bonds is 9. The van der Waals surface area contributed by atoms with Crippen molar-refractivity contribution >= 4 is 0 Å². The van der Waals surface area contributed by atoms with Gasteiger partial charge in [-0.25, -0.2) is 0 Å². The van der Waals surface area contributed by atoms with Crippen LogP contribution >= 0.6 is 0 Å². The summed E-state index contributed by atoms with van der Waals surface area (Å²) in [6.45, 7) is 13.6. The van der Waals surface area contributed by atoms with Crippen molar-refractivity contribution in [2.24, 2.45) is 5.92 Å². The van der Waals surface area contributed by atoms with E-state index in [2.05, 4.69) is 27.7 Å². The minimum Gasteiger partial charge on any atom is -0.353 e. The minimum atomic E-state index is -0.0889. The Morgan fingerprint density at radius 1 is 1.12 bits per heavy atom. The molecular formula is C14H30O2. The van der Waals surface area contributed by atoms with E-state index >= 15 is 0 Å². The van der Waals surface area contributed by atoms with E-state index in [1.165, 1.54) is 12.8 Å². The fourth-order valence-electron chi connectivity index (χ4n) is 1.87. The SMILES string of the molecule is CCOC(C)OC(C)(CC)CCCC(C)C. The van der Waals surface area contributed by atoms with Crippen LogP contribution in [0.3, 0.4) is 0 Å². The van der Waals surface area contributed by atoms with Crippen molar-refractivity contribution in [3.63, 3.8) is 0 Å². The van der Waals surface area contributed by atoms with Crippen molar-refractivity contribution in [2.75, 3.05) is 6.61 Å². The summed E-state index contributed by atoms with van der Waals surface area (Å²) in [5, 5.41) is 0. The predicted molar refractivity (Wildman–Crippen MR) is 69.6 cm³/mol. The molecule has 2 heteroatoms. The van der Waals surface area contributed by atoms with Crippen LogP contribution in [0.15, 0.2) is 0 Å². The van der Waals surface area contributed by atoms with Crippen molar-refractivity contribution in [1.29, 1.82) is 0 Å². The molecule has 0 radical (unpaired) electrons. The normalized spacial score (nSPS) is 17.4. The molecule has 2 atom stereocenters. The van der Waals surface area contributed by atoms with Crippen LogP contribution in [-0.4, -0.2) is 18.5 Å². The van der Waals surface area contributed by atoms with Gasteiger partial charge in [-0.15, -0.1) is 0 Å². The van der Waals surface area contributed by atoms with Crippen LogP contribution in [0.4, 0.5) is 0 Å². The van der Waals surface area contributed by atoms with Gasteiger partial charge in [-0.1, -0.05) is 33.6 Å². The highest BCUT2D eigenvalue weighted by molar-refractivity contribution is 4.74. The molecule has 0 aliphatic rings. The first-order valence-corrected chi connectivity index (χ1v) is 6.73. The number of hydrogen-bond acceptors (Lipinski definition) is 2. The van der Waals surface area contributed by atoms with Crippen molar-refractivity contribution < 1.29 is 9.47 Å². The van der Waals surface area contributed by atoms with Crippen molar-refractivity contribution in [1.82, 2.24) is 0 Å². The Balaban J connectivity index is 3.99. The lowest BCUT2D eigenvalue weighted by Gasteiger charge is -2.32. The quantitative estimate of drug-likeness (QED) is 0.547. The molecule has 0 aliphatic carbocycles. The summed E-state index contributed by atoms with van der Waals surface area (Å²) in [6, 6.07) is 0. The van der Waals surface area contributed by atoms with E-state index in [1.807, 2.05) is 13.8 Å². The van der Waals surface area contributed by atoms with Crippen molar-refractivity contribution in [2.45, 2.75) is 79.1 Å². The highest BCUT2D eigenvalue weighted by Gasteiger charge is 2.25. The maximum Gasteiger partial charge on any atom is 0.155 e. The van der Waals surface area contributed by atoms with Crippen LogP contribution in [0.1, 0.15) is 67.2 Å². The van der Waals surface area contributed by atoms with Gasteiger partial charge in [-0.2, -0.15) is 0 Å². The molecular weight excluding hydrogens is 200 g/mol. The molecule has 0 heterocycles. The molecule has 0 bridgehead atoms. The summed E-state index contributed by atoms with van der Waals surface area (Å²) in [5.41, 5.74) is -0.0243. The topological polar surface area (TPSA) is 18.5 Å². The second kappa shape index (κ2) is 8.08. The van der Waals surface area contributed by atoms with Gasteiger partial charge in [0.15, 0.2) is 6.29 Å². The summed E-state index contributed by atoms with van der Waals surface area (Å²) >= 11 is 0. The molecule has 0 aliphatic heterocycles. The first-order valence-electron chi connectivity index (χ1n) is 6.73. The summed E-state index contributed by atoms with van der Waals surface area (Å²) in [5.74, 6) is 0.783. The molecule has 0 amide bonds. The van der Waals surface area contributed by atoms with E-state index < -0.39 is 0 Å². The average Bonchev–Trinajstić information content (AvgIpc) is 2.17. The third-order valence-corrected chi connectivity index (χ3v) is 3.09. The Kier molecular flexibility index (Phi) is 8.04. The summed E-state index contributed by atoms with van der Waals surface area (Å²) in [6.07, 6.45) is 4.60. The largest absolute Gasteiger partial charge is 0.353 e. The second-order valence-corrected chi connectivity index (χ2v) is 5.23. The first kappa shape index (κ1) is 15.9. The molecule has 0 N–H and O–H groups in total. The van der Waals surface area contributed by atoms with Crippen LogP contribution in [-0.2, 0) is 9.47 Å². The summed E-state index contributed by atoms with van der Waals surface area (Å²) in [4.78, 5) is 0. The van der Waals surface area contributed by atoms with Gasteiger partial charge in [0.2, 0.25) is 0 Å². The van der Waals surface area contributed by atoms with Crippen LogP contribution in [0, 0.1) is 5.92 Å². The Hall–Kier alpha value is -0.0800. The van der Waals surface area contributed by atoms with E-state index in [4.69, 9.17) is 9.47 Å². The fraction of sp³-hybridized carbons (Fsp3) is 1.00. The first-order chi connectivity index (χ1) is 7.43. The average molecular weight is 230 g/mol. The predicted octanol–water partition coefficient (Wildman–Crippen LogP) is 4.38. The van der Waals surface area contributed by atoms with E-state index in [0.29, 0.717) is 6.61 Å². The zero-order valence-electron chi connectivity index (χ0n) is 12.0. The monoisotopic (exact) mass is 230 g/mol. The maximum absolute atomic E-state index is 5.99. The van der Waals surface area contributed by atoms with Gasteiger partial charge >= 0.3 is 0 Å². The second-order valence-electron chi connectivity index (χ2n) is 5.23. The van der Waals surface area contributed by atoms with Crippen LogP contribution < -0.4 is 0 Å². The highest BCUT2D eigenvalue weighted by atomic mass is 16.7. The van der Waals surface area contributed by atoms with Gasteiger partial charge in [0.05, 0.1) is 5.60 Å². The summed E-state index contributed by atoms with van der Waals surface area (Å²) in [7, 11) is 0. The standard InChI is InChI=1S/C14H30O2/c1-7-14(6,11-9-10-12(3)4)16-13(5)15-8-2/h12-13H,7-11H2,1-6H3. The molecule has 0 aromatic heterocycles. The highest BCUT2D eigenvalue weighted by Crippen LogP contribution is 2.25. The molecule has 0 rings (SSSR count). The van der Waals surface area contributed by atoms with Crippen LogP contribution in [0.25, 0.3) is 0 Å². The molecule has 0 aromatic rings. The lowest BCUT2D eigenvalue weighted by molar-refractivity contribution is -0.198. The van der Waals surface area contributed by atoms with Gasteiger partial charge in [-0.3, -0.25) is 0 Å². The molecule has 16 heavy (non-hydrogen) atoms. The molecule has 0 fully saturated rings. The van der Waals surface area contributed by atoms with Crippen LogP contribution in [0.5, 0.6) is 0 Å². The fourth-order valence-corrected chi connectivity index (χ4v) is 1.87. The van der Waals surface area contributed by atoms with Gasteiger partial charge < -0.3 is 9.47 Å². The van der Waals surface area contributed by atoms with Crippen molar-refractivity contribution in [3.8, 4) is 0 Å². The Bertz CT molecular complexity index is 168. The van der Waals surface area contributed by atoms with Gasteiger partial charge in [-0.05, 0) is 39.5 Å². The molecule has 0 saturated heterocycles. The Morgan fingerprint density at radius 3 is 2.19 bits per heavy atom.